The number of carbonyl (C=O) groups is 2. The predicted molar refractivity (Wildman–Crippen MR) is 128 cm³/mol. The topological polar surface area (TPSA) is 95.6 Å². The van der Waals surface area contributed by atoms with Gasteiger partial charge in [0.2, 0.25) is 10.0 Å². The van der Waals surface area contributed by atoms with E-state index in [1.165, 1.54) is 22.0 Å². The van der Waals surface area contributed by atoms with Crippen molar-refractivity contribution in [2.45, 2.75) is 56.4 Å². The van der Waals surface area contributed by atoms with Crippen molar-refractivity contribution >= 4 is 21.8 Å². The summed E-state index contributed by atoms with van der Waals surface area (Å²) in [6.45, 7) is 2.54. The summed E-state index contributed by atoms with van der Waals surface area (Å²) in [5.41, 5.74) is 1.53. The minimum atomic E-state index is -3.79. The van der Waals surface area contributed by atoms with Gasteiger partial charge in [-0.05, 0) is 68.4 Å². The molecule has 0 unspecified atom stereocenters. The average Bonchev–Trinajstić information content (AvgIpc) is 2.82. The van der Waals surface area contributed by atoms with E-state index in [9.17, 15) is 22.4 Å². The number of sulfonamides is 1. The fourth-order valence-corrected chi connectivity index (χ4v) is 6.19. The van der Waals surface area contributed by atoms with Crippen LogP contribution in [0.25, 0.3) is 0 Å². The van der Waals surface area contributed by atoms with Crippen LogP contribution in [0.4, 0.5) is 4.39 Å². The SMILES string of the molecule is Cc1cc(F)ccc1S(=O)(=O)N1CCCC[C@@H]1CCNC(=O)C(=O)NCCCc1ccccc1. The van der Waals surface area contributed by atoms with Crippen LogP contribution in [0.1, 0.15) is 43.2 Å². The fraction of sp³-hybridized carbons (Fsp3) is 0.440. The molecular formula is C25H32FN3O4S. The van der Waals surface area contributed by atoms with Gasteiger partial charge in [0.1, 0.15) is 5.82 Å². The van der Waals surface area contributed by atoms with Gasteiger partial charge in [-0.25, -0.2) is 12.8 Å². The average molecular weight is 490 g/mol. The lowest BCUT2D eigenvalue weighted by atomic mass is 10.0. The highest BCUT2D eigenvalue weighted by Crippen LogP contribution is 2.28. The van der Waals surface area contributed by atoms with Crippen LogP contribution in [0.15, 0.2) is 53.4 Å². The molecule has 2 N–H and O–H groups in total. The summed E-state index contributed by atoms with van der Waals surface area (Å²) < 4.78 is 41.4. The molecule has 7 nitrogen and oxygen atoms in total. The second-order valence-corrected chi connectivity index (χ2v) is 10.4. The Labute approximate surface area is 200 Å². The first-order chi connectivity index (χ1) is 16.3. The second-order valence-electron chi connectivity index (χ2n) is 8.56. The van der Waals surface area contributed by atoms with Gasteiger partial charge >= 0.3 is 11.8 Å². The van der Waals surface area contributed by atoms with Crippen LogP contribution in [-0.2, 0) is 26.0 Å². The lowest BCUT2D eigenvalue weighted by molar-refractivity contribution is -0.139. The standard InChI is InChI=1S/C25H32FN3O4S/c1-19-18-21(26)12-13-23(19)34(32,33)29-17-6-5-11-22(29)14-16-28-25(31)24(30)27-15-7-10-20-8-3-2-4-9-20/h2-4,8-9,12-13,18,22H,5-7,10-11,14-17H2,1H3,(H,27,30)(H,28,31)/t22-/m1/s1. The van der Waals surface area contributed by atoms with Gasteiger partial charge in [0.05, 0.1) is 4.90 Å². The summed E-state index contributed by atoms with van der Waals surface area (Å²) in [5.74, 6) is -1.89. The predicted octanol–water partition coefficient (Wildman–Crippen LogP) is 2.93. The molecule has 0 spiro atoms. The molecule has 2 aromatic carbocycles. The number of halogens is 1. The van der Waals surface area contributed by atoms with E-state index in [0.29, 0.717) is 31.5 Å². The van der Waals surface area contributed by atoms with Crippen LogP contribution < -0.4 is 10.6 Å². The maximum atomic E-state index is 13.5. The third-order valence-electron chi connectivity index (χ3n) is 6.04. The van der Waals surface area contributed by atoms with Crippen LogP contribution >= 0.6 is 0 Å². The van der Waals surface area contributed by atoms with E-state index in [2.05, 4.69) is 10.6 Å². The molecule has 1 heterocycles. The summed E-state index contributed by atoms with van der Waals surface area (Å²) in [6, 6.07) is 13.3. The van der Waals surface area contributed by atoms with E-state index >= 15 is 0 Å². The fourth-order valence-electron chi connectivity index (χ4n) is 4.26. The van der Waals surface area contributed by atoms with Gasteiger partial charge in [-0.2, -0.15) is 4.31 Å². The Morgan fingerprint density at radius 3 is 2.44 bits per heavy atom. The zero-order valence-corrected chi connectivity index (χ0v) is 20.2. The summed E-state index contributed by atoms with van der Waals surface area (Å²) in [6.07, 6.45) is 4.22. The van der Waals surface area contributed by atoms with Gasteiger partial charge in [-0.3, -0.25) is 9.59 Å². The Bertz CT molecular complexity index is 1090. The Kier molecular flexibility index (Phi) is 9.18. The van der Waals surface area contributed by atoms with Crippen molar-refractivity contribution in [2.24, 2.45) is 0 Å². The van der Waals surface area contributed by atoms with Crippen molar-refractivity contribution < 1.29 is 22.4 Å². The van der Waals surface area contributed by atoms with Crippen molar-refractivity contribution in [3.8, 4) is 0 Å². The molecule has 0 radical (unpaired) electrons. The van der Waals surface area contributed by atoms with Crippen LogP contribution in [0, 0.1) is 12.7 Å². The Balaban J connectivity index is 1.47. The number of nitrogens with one attached hydrogen (secondary N) is 2. The van der Waals surface area contributed by atoms with Crippen LogP contribution in [0.3, 0.4) is 0 Å². The summed E-state index contributed by atoms with van der Waals surface area (Å²) in [4.78, 5) is 24.3. The van der Waals surface area contributed by atoms with Gasteiger partial charge in [0.25, 0.3) is 0 Å². The van der Waals surface area contributed by atoms with Crippen molar-refractivity contribution in [3.05, 3.63) is 65.5 Å². The van der Waals surface area contributed by atoms with Crippen molar-refractivity contribution in [3.63, 3.8) is 0 Å². The quantitative estimate of drug-likeness (QED) is 0.418. The third-order valence-corrected chi connectivity index (χ3v) is 8.15. The van der Waals surface area contributed by atoms with Gasteiger partial charge in [-0.1, -0.05) is 36.8 Å². The Morgan fingerprint density at radius 1 is 1.03 bits per heavy atom. The Hall–Kier alpha value is -2.78. The maximum absolute atomic E-state index is 13.5. The number of hydrogen-bond donors (Lipinski definition) is 2. The molecule has 1 aliphatic heterocycles. The lowest BCUT2D eigenvalue weighted by Crippen LogP contribution is -2.46. The molecule has 1 atom stereocenters. The van der Waals surface area contributed by atoms with Gasteiger partial charge in [-0.15, -0.1) is 0 Å². The number of nitrogens with zero attached hydrogens (tertiary/aromatic N) is 1. The van der Waals surface area contributed by atoms with Crippen molar-refractivity contribution in [1.29, 1.82) is 0 Å². The van der Waals surface area contributed by atoms with Crippen molar-refractivity contribution in [2.75, 3.05) is 19.6 Å². The molecule has 2 amide bonds. The van der Waals surface area contributed by atoms with E-state index in [4.69, 9.17) is 0 Å². The normalized spacial score (nSPS) is 16.7. The van der Waals surface area contributed by atoms with Crippen LogP contribution in [0.2, 0.25) is 0 Å². The van der Waals surface area contributed by atoms with E-state index in [1.807, 2.05) is 30.3 Å². The molecule has 1 aliphatic rings. The first kappa shape index (κ1) is 25.8. The first-order valence-electron chi connectivity index (χ1n) is 11.7. The van der Waals surface area contributed by atoms with E-state index < -0.39 is 27.7 Å². The Morgan fingerprint density at radius 2 is 1.74 bits per heavy atom. The number of amides is 2. The molecule has 1 fully saturated rings. The smallest absolute Gasteiger partial charge is 0.309 e. The molecular weight excluding hydrogens is 457 g/mol. The number of carbonyl (C=O) groups excluding carboxylic acids is 2. The number of rotatable bonds is 9. The van der Waals surface area contributed by atoms with Gasteiger partial charge in [0, 0.05) is 25.7 Å². The minimum absolute atomic E-state index is 0.0970. The van der Waals surface area contributed by atoms with Crippen molar-refractivity contribution in [1.82, 2.24) is 14.9 Å². The zero-order valence-electron chi connectivity index (χ0n) is 19.4. The first-order valence-corrected chi connectivity index (χ1v) is 13.1. The summed E-state index contributed by atoms with van der Waals surface area (Å²) >= 11 is 0. The zero-order chi connectivity index (χ0) is 24.6. The molecule has 9 heteroatoms. The van der Waals surface area contributed by atoms with Gasteiger partial charge < -0.3 is 10.6 Å². The number of benzene rings is 2. The molecule has 0 saturated carbocycles. The second kappa shape index (κ2) is 12.1. The van der Waals surface area contributed by atoms with E-state index in [-0.39, 0.29) is 17.5 Å². The molecule has 2 aromatic rings. The highest BCUT2D eigenvalue weighted by molar-refractivity contribution is 7.89. The maximum Gasteiger partial charge on any atom is 0.309 e. The highest BCUT2D eigenvalue weighted by atomic mass is 32.2. The minimum Gasteiger partial charge on any atom is -0.348 e. The highest BCUT2D eigenvalue weighted by Gasteiger charge is 2.34. The number of piperidine rings is 1. The van der Waals surface area contributed by atoms with Gasteiger partial charge in [0.15, 0.2) is 0 Å². The number of hydrogen-bond acceptors (Lipinski definition) is 4. The molecule has 0 bridgehead atoms. The largest absolute Gasteiger partial charge is 0.348 e. The molecule has 1 saturated heterocycles. The van der Waals surface area contributed by atoms with Crippen LogP contribution in [-0.4, -0.2) is 50.2 Å². The monoisotopic (exact) mass is 489 g/mol. The molecule has 0 aliphatic carbocycles. The summed E-state index contributed by atoms with van der Waals surface area (Å²) in [5, 5.41) is 5.22. The molecule has 0 aromatic heterocycles. The van der Waals surface area contributed by atoms with Crippen LogP contribution in [0.5, 0.6) is 0 Å². The van der Waals surface area contributed by atoms with E-state index in [0.717, 1.165) is 31.7 Å². The van der Waals surface area contributed by atoms with E-state index in [1.54, 1.807) is 6.92 Å². The lowest BCUT2D eigenvalue weighted by Gasteiger charge is -2.35. The third kappa shape index (κ3) is 6.87. The molecule has 34 heavy (non-hydrogen) atoms. The molecule has 184 valence electrons. The number of aryl methyl sites for hydroxylation is 2. The summed E-state index contributed by atoms with van der Waals surface area (Å²) in [7, 11) is -3.79. The molecule has 3 rings (SSSR count).